The summed E-state index contributed by atoms with van der Waals surface area (Å²) in [6.07, 6.45) is 6.74. The lowest BCUT2D eigenvalue weighted by atomic mass is 10.00. The fourth-order valence-electron chi connectivity index (χ4n) is 5.60. The molecular formula is C32H27Br2Cl2N3O4. The van der Waals surface area contributed by atoms with Crippen LogP contribution in [0, 0.1) is 20.2 Å². The van der Waals surface area contributed by atoms with Crippen LogP contribution in [-0.4, -0.2) is 14.4 Å². The number of benzene rings is 4. The predicted octanol–water partition coefficient (Wildman–Crippen LogP) is 12.1. The molecule has 0 aliphatic heterocycles. The highest BCUT2D eigenvalue weighted by Gasteiger charge is 2.23. The highest BCUT2D eigenvalue weighted by atomic mass is 79.9. The number of aryl methyl sites for hydroxylation is 1. The Kier molecular flexibility index (Phi) is 9.76. The summed E-state index contributed by atoms with van der Waals surface area (Å²) in [4.78, 5) is 23.1. The van der Waals surface area contributed by atoms with Crippen LogP contribution in [0.3, 0.4) is 0 Å². The van der Waals surface area contributed by atoms with Crippen molar-refractivity contribution in [1.29, 1.82) is 0 Å². The molecule has 4 aromatic carbocycles. The molecule has 0 amide bonds. The van der Waals surface area contributed by atoms with Gasteiger partial charge in [0.1, 0.15) is 0 Å². The van der Waals surface area contributed by atoms with E-state index in [0.717, 1.165) is 47.6 Å². The summed E-state index contributed by atoms with van der Waals surface area (Å²) in [6, 6.07) is 17.3. The van der Waals surface area contributed by atoms with Crippen molar-refractivity contribution in [3.63, 3.8) is 0 Å². The van der Waals surface area contributed by atoms with E-state index in [1.165, 1.54) is 31.4 Å². The molecule has 0 radical (unpaired) electrons. The average molecular weight is 748 g/mol. The normalized spacial score (nSPS) is 11.5. The minimum atomic E-state index is -0.424. The number of nitrogens with zero attached hydrogens (tertiary/aromatic N) is 3. The Morgan fingerprint density at radius 2 is 1.09 bits per heavy atom. The second kappa shape index (κ2) is 13.3. The molecule has 0 saturated carbocycles. The Labute approximate surface area is 275 Å². The van der Waals surface area contributed by atoms with Crippen LogP contribution in [0.5, 0.6) is 0 Å². The highest BCUT2D eigenvalue weighted by Crippen LogP contribution is 2.44. The van der Waals surface area contributed by atoms with E-state index in [2.05, 4.69) is 43.4 Å². The second-order valence-corrected chi connectivity index (χ2v) is 13.0. The van der Waals surface area contributed by atoms with Crippen LogP contribution < -0.4 is 0 Å². The van der Waals surface area contributed by atoms with Gasteiger partial charge in [-0.2, -0.15) is 0 Å². The van der Waals surface area contributed by atoms with Crippen molar-refractivity contribution in [1.82, 2.24) is 4.57 Å². The van der Waals surface area contributed by atoms with Crippen molar-refractivity contribution in [3.05, 3.63) is 99.9 Å². The molecule has 0 N–H and O–H groups in total. The minimum Gasteiger partial charge on any atom is -0.340 e. The molecule has 222 valence electrons. The molecule has 0 aliphatic rings. The van der Waals surface area contributed by atoms with Gasteiger partial charge in [-0.3, -0.25) is 20.2 Å². The van der Waals surface area contributed by atoms with Gasteiger partial charge < -0.3 is 4.57 Å². The molecule has 5 rings (SSSR count). The maximum Gasteiger partial charge on any atom is 0.278 e. The molecule has 0 aliphatic carbocycles. The molecule has 7 nitrogen and oxygen atoms in total. The number of nitro benzene ring substituents is 2. The van der Waals surface area contributed by atoms with E-state index in [9.17, 15) is 20.2 Å². The van der Waals surface area contributed by atoms with Crippen LogP contribution in [0.15, 0.2) is 69.6 Å². The zero-order valence-corrected chi connectivity index (χ0v) is 27.9. The molecule has 5 aromatic rings. The lowest BCUT2D eigenvalue weighted by Crippen LogP contribution is -1.99. The molecular weight excluding hydrogens is 721 g/mol. The van der Waals surface area contributed by atoms with Gasteiger partial charge in [-0.15, -0.1) is 0 Å². The van der Waals surface area contributed by atoms with Gasteiger partial charge >= 0.3 is 0 Å². The van der Waals surface area contributed by atoms with Gasteiger partial charge in [-0.05, 0) is 55.0 Å². The van der Waals surface area contributed by atoms with E-state index < -0.39 is 9.85 Å². The lowest BCUT2D eigenvalue weighted by Gasteiger charge is -2.12. The fraction of sp³-hybridized carbons (Fsp3) is 0.250. The van der Waals surface area contributed by atoms with Crippen LogP contribution in [0.25, 0.3) is 44.1 Å². The van der Waals surface area contributed by atoms with E-state index in [0.29, 0.717) is 41.2 Å². The van der Waals surface area contributed by atoms with Gasteiger partial charge in [0.25, 0.3) is 11.4 Å². The Morgan fingerprint density at radius 1 is 0.651 bits per heavy atom. The quantitative estimate of drug-likeness (QED) is 0.0764. The van der Waals surface area contributed by atoms with Gasteiger partial charge in [0.05, 0.1) is 21.0 Å². The first kappa shape index (κ1) is 31.4. The molecule has 1 aromatic heterocycles. The summed E-state index contributed by atoms with van der Waals surface area (Å²) in [7, 11) is 0. The summed E-state index contributed by atoms with van der Waals surface area (Å²) in [5, 5.41) is 26.4. The molecule has 1 heterocycles. The van der Waals surface area contributed by atoms with E-state index in [-0.39, 0.29) is 11.4 Å². The smallest absolute Gasteiger partial charge is 0.278 e. The van der Waals surface area contributed by atoms with Gasteiger partial charge in [0.15, 0.2) is 0 Å². The van der Waals surface area contributed by atoms with Gasteiger partial charge in [0, 0.05) is 70.6 Å². The van der Waals surface area contributed by atoms with E-state index >= 15 is 0 Å². The van der Waals surface area contributed by atoms with E-state index in [1.807, 2.05) is 24.3 Å². The topological polar surface area (TPSA) is 91.2 Å². The van der Waals surface area contributed by atoms with Gasteiger partial charge in [0.2, 0.25) is 0 Å². The number of rotatable bonds is 11. The van der Waals surface area contributed by atoms with Crippen molar-refractivity contribution in [3.8, 4) is 22.3 Å². The highest BCUT2D eigenvalue weighted by molar-refractivity contribution is 9.11. The Balaban J connectivity index is 1.74. The standard InChI is InChI=1S/C32H27Br2Cl2N3O4/c1-2-3-4-5-6-7-12-37-29-17-23(21-10-8-19(35)13-31(21)38(40)41)27(33)15-25(29)26-16-28(34)24(18-30(26)37)22-11-9-20(36)14-32(22)39(42)43/h8-11,13-18H,2-7,12H2,1H3. The zero-order valence-electron chi connectivity index (χ0n) is 23.2. The summed E-state index contributed by atoms with van der Waals surface area (Å²) in [5.74, 6) is 0. The van der Waals surface area contributed by atoms with Crippen molar-refractivity contribution >= 4 is 88.2 Å². The van der Waals surface area contributed by atoms with Crippen LogP contribution in [0.4, 0.5) is 11.4 Å². The number of halogens is 4. The summed E-state index contributed by atoms with van der Waals surface area (Å²) in [6.45, 7) is 2.92. The molecule has 0 fully saturated rings. The molecule has 11 heteroatoms. The van der Waals surface area contributed by atoms with Crippen molar-refractivity contribution in [2.45, 2.75) is 52.0 Å². The third-order valence-corrected chi connectivity index (χ3v) is 9.45. The largest absolute Gasteiger partial charge is 0.340 e. The first-order valence-electron chi connectivity index (χ1n) is 13.9. The first-order chi connectivity index (χ1) is 20.6. The van der Waals surface area contributed by atoms with Gasteiger partial charge in [-0.1, -0.05) is 94.1 Å². The van der Waals surface area contributed by atoms with E-state index in [4.69, 9.17) is 23.2 Å². The molecule has 0 atom stereocenters. The van der Waals surface area contributed by atoms with Crippen LogP contribution >= 0.6 is 55.1 Å². The first-order valence-corrected chi connectivity index (χ1v) is 16.3. The Bertz CT molecular complexity index is 1760. The number of fused-ring (bicyclic) bond motifs is 3. The van der Waals surface area contributed by atoms with E-state index in [1.54, 1.807) is 24.3 Å². The monoisotopic (exact) mass is 745 g/mol. The molecule has 0 unspecified atom stereocenters. The number of unbranched alkanes of at least 4 members (excludes halogenated alkanes) is 5. The SMILES string of the molecule is CCCCCCCCn1c2cc(-c3ccc(Cl)cc3[N+](=O)[O-])c(Br)cc2c2cc(Br)c(-c3ccc(Cl)cc3[N+](=O)[O-])cc21. The van der Waals surface area contributed by atoms with Gasteiger partial charge in [-0.25, -0.2) is 0 Å². The molecule has 0 bridgehead atoms. The maximum absolute atomic E-state index is 12.0. The molecule has 0 saturated heterocycles. The fourth-order valence-corrected chi connectivity index (χ4v) is 7.05. The van der Waals surface area contributed by atoms with Crippen molar-refractivity contribution in [2.24, 2.45) is 0 Å². The number of hydrogen-bond acceptors (Lipinski definition) is 4. The second-order valence-electron chi connectivity index (χ2n) is 10.5. The molecule has 0 spiro atoms. The summed E-state index contributed by atoms with van der Waals surface area (Å²) >= 11 is 19.6. The minimum absolute atomic E-state index is 0.0776. The summed E-state index contributed by atoms with van der Waals surface area (Å²) in [5.41, 5.74) is 3.95. The Morgan fingerprint density at radius 3 is 1.53 bits per heavy atom. The predicted molar refractivity (Wildman–Crippen MR) is 182 cm³/mol. The van der Waals surface area contributed by atoms with Crippen LogP contribution in [-0.2, 0) is 6.54 Å². The van der Waals surface area contributed by atoms with Crippen molar-refractivity contribution in [2.75, 3.05) is 0 Å². The van der Waals surface area contributed by atoms with Crippen molar-refractivity contribution < 1.29 is 9.85 Å². The van der Waals surface area contributed by atoms with Crippen LogP contribution in [0.1, 0.15) is 45.4 Å². The Hall–Kier alpha value is -2.98. The lowest BCUT2D eigenvalue weighted by molar-refractivity contribution is -0.384. The van der Waals surface area contributed by atoms with Crippen LogP contribution in [0.2, 0.25) is 10.0 Å². The third kappa shape index (κ3) is 6.45. The number of nitro groups is 2. The average Bonchev–Trinajstić information content (AvgIpc) is 3.25. The zero-order chi connectivity index (χ0) is 30.8. The maximum atomic E-state index is 12.0. The third-order valence-electron chi connectivity index (χ3n) is 7.67. The molecule has 43 heavy (non-hydrogen) atoms. The number of aromatic nitrogens is 1. The number of hydrogen-bond donors (Lipinski definition) is 0. The summed E-state index contributed by atoms with van der Waals surface area (Å²) < 4.78 is 3.63.